The third kappa shape index (κ3) is 5.15. The van der Waals surface area contributed by atoms with Crippen LogP contribution in [0.4, 0.5) is 29.3 Å². The molecule has 0 spiro atoms. The molecular weight excluding hydrogens is 407 g/mol. The SMILES string of the molecule is C=CC(O)(Cn1cc(NC(=O)OC)cn1)C(=O)Nc1ccc(C#N)c(C(F)(F)F)c1. The first-order valence-corrected chi connectivity index (χ1v) is 8.18. The predicted molar refractivity (Wildman–Crippen MR) is 98.2 cm³/mol. The van der Waals surface area contributed by atoms with Crippen LogP contribution in [0.25, 0.3) is 0 Å². The summed E-state index contributed by atoms with van der Waals surface area (Å²) in [5, 5.41) is 27.8. The predicted octanol–water partition coefficient (Wildman–Crippen LogP) is 2.51. The molecule has 0 aliphatic rings. The third-order valence-electron chi connectivity index (χ3n) is 3.90. The molecule has 9 nitrogen and oxygen atoms in total. The maximum atomic E-state index is 13.1. The molecular formula is C18H16F3N5O4. The van der Waals surface area contributed by atoms with Gasteiger partial charge in [0, 0.05) is 11.9 Å². The Bertz CT molecular complexity index is 1010. The largest absolute Gasteiger partial charge is 0.453 e. The van der Waals surface area contributed by atoms with E-state index >= 15 is 0 Å². The minimum atomic E-state index is -4.81. The van der Waals surface area contributed by atoms with E-state index in [9.17, 15) is 27.9 Å². The van der Waals surface area contributed by atoms with Gasteiger partial charge in [0.15, 0.2) is 5.60 Å². The van der Waals surface area contributed by atoms with E-state index < -0.39 is 41.4 Å². The fourth-order valence-corrected chi connectivity index (χ4v) is 2.35. The number of nitrogens with one attached hydrogen (secondary N) is 2. The number of nitrogens with zero attached hydrogens (tertiary/aromatic N) is 3. The van der Waals surface area contributed by atoms with Crippen molar-refractivity contribution in [2.45, 2.75) is 18.3 Å². The summed E-state index contributed by atoms with van der Waals surface area (Å²) in [5.74, 6) is -1.08. The highest BCUT2D eigenvalue weighted by atomic mass is 19.4. The molecule has 0 fully saturated rings. The summed E-state index contributed by atoms with van der Waals surface area (Å²) in [7, 11) is 1.16. The van der Waals surface area contributed by atoms with Gasteiger partial charge < -0.3 is 15.2 Å². The van der Waals surface area contributed by atoms with E-state index in [1.807, 2.05) is 0 Å². The smallest absolute Gasteiger partial charge is 0.417 e. The van der Waals surface area contributed by atoms with E-state index in [1.54, 1.807) is 0 Å². The van der Waals surface area contributed by atoms with Crippen molar-refractivity contribution in [1.82, 2.24) is 9.78 Å². The Hall–Kier alpha value is -3.85. The second-order valence-electron chi connectivity index (χ2n) is 6.00. The lowest BCUT2D eigenvalue weighted by atomic mass is 10.0. The summed E-state index contributed by atoms with van der Waals surface area (Å²) in [6, 6.07) is 4.02. The zero-order valence-corrected chi connectivity index (χ0v) is 15.5. The van der Waals surface area contributed by atoms with E-state index in [4.69, 9.17) is 5.26 Å². The lowest BCUT2D eigenvalue weighted by molar-refractivity contribution is -0.137. The summed E-state index contributed by atoms with van der Waals surface area (Å²) < 4.78 is 44.8. The molecule has 12 heteroatoms. The van der Waals surface area contributed by atoms with Crippen LogP contribution in [-0.2, 0) is 22.3 Å². The van der Waals surface area contributed by atoms with Gasteiger partial charge in [0.1, 0.15) is 0 Å². The van der Waals surface area contributed by atoms with Gasteiger partial charge in [-0.15, -0.1) is 0 Å². The van der Waals surface area contributed by atoms with Gasteiger partial charge in [0.25, 0.3) is 5.91 Å². The summed E-state index contributed by atoms with van der Waals surface area (Å²) in [4.78, 5) is 23.7. The molecule has 2 aromatic rings. The number of hydrogen-bond acceptors (Lipinski definition) is 6. The maximum Gasteiger partial charge on any atom is 0.417 e. The average molecular weight is 423 g/mol. The number of aromatic nitrogens is 2. The molecule has 0 aliphatic carbocycles. The Morgan fingerprint density at radius 1 is 1.37 bits per heavy atom. The van der Waals surface area contributed by atoms with Gasteiger partial charge in [-0.1, -0.05) is 6.58 Å². The lowest BCUT2D eigenvalue weighted by Crippen LogP contribution is -2.44. The number of rotatable bonds is 6. The second kappa shape index (κ2) is 8.66. The number of benzene rings is 1. The standard InChI is InChI=1S/C18H16F3N5O4/c1-3-17(29,10-26-9-13(8-23-26)25-16(28)30-2)15(27)24-12-5-4-11(7-22)14(6-12)18(19,20)21/h3-6,8-9,29H,1,10H2,2H3,(H,24,27)(H,25,28). The lowest BCUT2D eigenvalue weighted by Gasteiger charge is -2.23. The van der Waals surface area contributed by atoms with Crippen LogP contribution in [0.5, 0.6) is 0 Å². The number of anilines is 2. The highest BCUT2D eigenvalue weighted by Crippen LogP contribution is 2.33. The van der Waals surface area contributed by atoms with Crippen LogP contribution in [0.2, 0.25) is 0 Å². The number of halogens is 3. The quantitative estimate of drug-likeness (QED) is 0.613. The maximum absolute atomic E-state index is 13.1. The summed E-state index contributed by atoms with van der Waals surface area (Å²) in [6.45, 7) is 2.93. The molecule has 1 unspecified atom stereocenters. The average Bonchev–Trinajstić information content (AvgIpc) is 3.13. The number of methoxy groups -OCH3 is 1. The van der Waals surface area contributed by atoms with E-state index in [0.717, 1.165) is 30.0 Å². The van der Waals surface area contributed by atoms with Gasteiger partial charge in [-0.25, -0.2) is 4.79 Å². The first kappa shape index (κ1) is 22.4. The Morgan fingerprint density at radius 3 is 2.63 bits per heavy atom. The minimum absolute atomic E-state index is 0.218. The Morgan fingerprint density at radius 2 is 2.07 bits per heavy atom. The van der Waals surface area contributed by atoms with Crippen molar-refractivity contribution >= 4 is 23.4 Å². The number of amides is 2. The van der Waals surface area contributed by atoms with Gasteiger partial charge in [-0.05, 0) is 24.3 Å². The highest BCUT2D eigenvalue weighted by Gasteiger charge is 2.36. The fraction of sp³-hybridized carbons (Fsp3) is 0.222. The van der Waals surface area contributed by atoms with Crippen LogP contribution >= 0.6 is 0 Å². The number of alkyl halides is 3. The molecule has 1 aromatic heterocycles. The van der Waals surface area contributed by atoms with Crippen molar-refractivity contribution in [1.29, 1.82) is 5.26 Å². The molecule has 30 heavy (non-hydrogen) atoms. The fourth-order valence-electron chi connectivity index (χ4n) is 2.35. The van der Waals surface area contributed by atoms with Crippen molar-refractivity contribution in [3.8, 4) is 6.07 Å². The minimum Gasteiger partial charge on any atom is -0.453 e. The van der Waals surface area contributed by atoms with Crippen LogP contribution in [-0.4, -0.2) is 39.6 Å². The number of hydrogen-bond donors (Lipinski definition) is 3. The molecule has 0 radical (unpaired) electrons. The van der Waals surface area contributed by atoms with E-state index in [1.165, 1.54) is 18.5 Å². The Labute approximate surface area is 168 Å². The molecule has 1 atom stereocenters. The van der Waals surface area contributed by atoms with Crippen molar-refractivity contribution in [3.63, 3.8) is 0 Å². The summed E-state index contributed by atoms with van der Waals surface area (Å²) in [5.41, 5.74) is -4.14. The van der Waals surface area contributed by atoms with Crippen molar-refractivity contribution in [2.75, 3.05) is 17.7 Å². The van der Waals surface area contributed by atoms with Crippen molar-refractivity contribution in [3.05, 3.63) is 54.4 Å². The molecule has 0 aliphatic heterocycles. The number of carbonyl (C=O) groups is 2. The zero-order chi connectivity index (χ0) is 22.5. The van der Waals surface area contributed by atoms with Crippen molar-refractivity contribution < 1.29 is 32.6 Å². The number of nitriles is 1. The number of carbonyl (C=O) groups excluding carboxylic acids is 2. The van der Waals surface area contributed by atoms with Gasteiger partial charge >= 0.3 is 12.3 Å². The Balaban J connectivity index is 2.21. The van der Waals surface area contributed by atoms with Crippen LogP contribution in [0.1, 0.15) is 11.1 Å². The van der Waals surface area contributed by atoms with E-state index in [0.29, 0.717) is 6.07 Å². The van der Waals surface area contributed by atoms with Crippen molar-refractivity contribution in [2.24, 2.45) is 0 Å². The van der Waals surface area contributed by atoms with E-state index in [-0.39, 0.29) is 11.4 Å². The number of ether oxygens (including phenoxy) is 1. The molecule has 0 saturated heterocycles. The summed E-state index contributed by atoms with van der Waals surface area (Å²) in [6.07, 6.45) is -2.14. The van der Waals surface area contributed by atoms with Gasteiger partial charge in [0.2, 0.25) is 0 Å². The molecule has 1 aromatic carbocycles. The first-order valence-electron chi connectivity index (χ1n) is 8.18. The van der Waals surface area contributed by atoms with Crippen LogP contribution in [0.3, 0.4) is 0 Å². The molecule has 0 saturated carbocycles. The van der Waals surface area contributed by atoms with Crippen LogP contribution in [0.15, 0.2) is 43.2 Å². The zero-order valence-electron chi connectivity index (χ0n) is 15.5. The van der Waals surface area contributed by atoms with Gasteiger partial charge in [-0.3, -0.25) is 14.8 Å². The summed E-state index contributed by atoms with van der Waals surface area (Å²) >= 11 is 0. The molecule has 2 rings (SSSR count). The first-order chi connectivity index (χ1) is 14.0. The molecule has 2 amide bonds. The molecule has 3 N–H and O–H groups in total. The number of aliphatic hydroxyl groups is 1. The van der Waals surface area contributed by atoms with Gasteiger partial charge in [-0.2, -0.15) is 23.5 Å². The van der Waals surface area contributed by atoms with Crippen LogP contribution < -0.4 is 10.6 Å². The third-order valence-corrected chi connectivity index (χ3v) is 3.90. The topological polar surface area (TPSA) is 129 Å². The highest BCUT2D eigenvalue weighted by molar-refractivity contribution is 5.98. The molecule has 0 bridgehead atoms. The molecule has 158 valence electrons. The monoisotopic (exact) mass is 423 g/mol. The van der Waals surface area contributed by atoms with E-state index in [2.05, 4.69) is 27.0 Å². The second-order valence-corrected chi connectivity index (χ2v) is 6.00. The molecule has 1 heterocycles. The Kier molecular flexibility index (Phi) is 6.48. The van der Waals surface area contributed by atoms with Gasteiger partial charge in [0.05, 0.1) is 42.7 Å². The normalized spacial score (nSPS) is 12.9. The van der Waals surface area contributed by atoms with Crippen LogP contribution in [0, 0.1) is 11.3 Å².